The van der Waals surface area contributed by atoms with Gasteiger partial charge in [-0.15, -0.1) is 0 Å². The Balaban J connectivity index is 2.28. The van der Waals surface area contributed by atoms with Gasteiger partial charge in [0.25, 0.3) is 0 Å². The second-order valence-corrected chi connectivity index (χ2v) is 3.61. The van der Waals surface area contributed by atoms with Gasteiger partial charge in [0.05, 0.1) is 5.69 Å². The Bertz CT molecular complexity index is 479. The molecule has 0 unspecified atom stereocenters. The summed E-state index contributed by atoms with van der Waals surface area (Å²) in [5, 5.41) is 9.75. The van der Waals surface area contributed by atoms with Crippen LogP contribution in [0.25, 0.3) is 0 Å². The second kappa shape index (κ2) is 3.87. The van der Waals surface area contributed by atoms with Gasteiger partial charge in [0, 0.05) is 6.42 Å². The SMILES string of the molecule is Nc1c(O)cccc1Cc1ccc(Cl)o1. The predicted octanol–water partition coefficient (Wildman–Crippen LogP) is 2.81. The van der Waals surface area contributed by atoms with E-state index in [1.54, 1.807) is 24.3 Å². The molecule has 1 heterocycles. The number of hydrogen-bond donors (Lipinski definition) is 2. The van der Waals surface area contributed by atoms with Crippen LogP contribution in [0.5, 0.6) is 5.75 Å². The Hall–Kier alpha value is -1.61. The quantitative estimate of drug-likeness (QED) is 0.608. The van der Waals surface area contributed by atoms with E-state index < -0.39 is 0 Å². The van der Waals surface area contributed by atoms with Gasteiger partial charge in [-0.25, -0.2) is 0 Å². The van der Waals surface area contributed by atoms with Crippen LogP contribution in [-0.4, -0.2) is 5.11 Å². The van der Waals surface area contributed by atoms with Crippen LogP contribution in [0, 0.1) is 0 Å². The van der Waals surface area contributed by atoms with E-state index in [-0.39, 0.29) is 5.75 Å². The molecule has 0 atom stereocenters. The van der Waals surface area contributed by atoms with Gasteiger partial charge >= 0.3 is 0 Å². The van der Waals surface area contributed by atoms with Gasteiger partial charge in [0.2, 0.25) is 0 Å². The Morgan fingerprint density at radius 1 is 1.27 bits per heavy atom. The Labute approximate surface area is 92.1 Å². The molecule has 3 N–H and O–H groups in total. The van der Waals surface area contributed by atoms with Crippen LogP contribution in [0.3, 0.4) is 0 Å². The van der Waals surface area contributed by atoms with Crippen molar-refractivity contribution in [1.82, 2.24) is 0 Å². The normalized spacial score (nSPS) is 10.5. The number of halogens is 1. The fourth-order valence-electron chi connectivity index (χ4n) is 1.39. The fourth-order valence-corrected chi connectivity index (χ4v) is 1.55. The number of nitrogens with two attached hydrogens (primary N) is 1. The highest BCUT2D eigenvalue weighted by atomic mass is 35.5. The fraction of sp³-hybridized carbons (Fsp3) is 0.0909. The third-order valence-corrected chi connectivity index (χ3v) is 2.37. The molecule has 1 aromatic carbocycles. The van der Waals surface area contributed by atoms with Crippen molar-refractivity contribution >= 4 is 17.3 Å². The molecule has 0 spiro atoms. The minimum Gasteiger partial charge on any atom is -0.506 e. The van der Waals surface area contributed by atoms with Crippen molar-refractivity contribution in [2.45, 2.75) is 6.42 Å². The lowest BCUT2D eigenvalue weighted by Crippen LogP contribution is -1.94. The number of nitrogen functional groups attached to an aromatic ring is 1. The Morgan fingerprint density at radius 3 is 2.73 bits per heavy atom. The van der Waals surface area contributed by atoms with Crippen LogP contribution in [0.1, 0.15) is 11.3 Å². The third-order valence-electron chi connectivity index (χ3n) is 2.17. The lowest BCUT2D eigenvalue weighted by Gasteiger charge is -2.04. The molecule has 2 aromatic rings. The predicted molar refractivity (Wildman–Crippen MR) is 59.0 cm³/mol. The number of phenols is 1. The number of aromatic hydroxyl groups is 1. The van der Waals surface area contributed by atoms with Crippen molar-refractivity contribution in [3.05, 3.63) is 46.9 Å². The molecule has 4 heteroatoms. The van der Waals surface area contributed by atoms with E-state index in [1.807, 2.05) is 6.07 Å². The molecule has 0 aliphatic rings. The smallest absolute Gasteiger partial charge is 0.193 e. The average molecular weight is 224 g/mol. The van der Waals surface area contributed by atoms with E-state index in [2.05, 4.69) is 0 Å². The maximum atomic E-state index is 9.40. The van der Waals surface area contributed by atoms with Crippen LogP contribution >= 0.6 is 11.6 Å². The topological polar surface area (TPSA) is 59.4 Å². The number of furan rings is 1. The molecule has 0 bridgehead atoms. The maximum absolute atomic E-state index is 9.40. The monoisotopic (exact) mass is 223 g/mol. The highest BCUT2D eigenvalue weighted by Gasteiger charge is 2.07. The van der Waals surface area contributed by atoms with Crippen LogP contribution in [0.15, 0.2) is 34.7 Å². The number of phenolic OH excluding ortho intramolecular Hbond substituents is 1. The summed E-state index contributed by atoms with van der Waals surface area (Å²) in [6.45, 7) is 0. The van der Waals surface area contributed by atoms with Crippen molar-refractivity contribution in [2.24, 2.45) is 0 Å². The number of hydrogen-bond acceptors (Lipinski definition) is 3. The summed E-state index contributed by atoms with van der Waals surface area (Å²) in [7, 11) is 0. The lowest BCUT2D eigenvalue weighted by molar-refractivity contribution is 0.477. The molecule has 3 nitrogen and oxygen atoms in total. The average Bonchev–Trinajstić information content (AvgIpc) is 2.59. The Kier molecular flexibility index (Phi) is 2.56. The maximum Gasteiger partial charge on any atom is 0.193 e. The molecule has 1 aromatic heterocycles. The summed E-state index contributed by atoms with van der Waals surface area (Å²) >= 11 is 5.65. The van der Waals surface area contributed by atoms with Gasteiger partial charge in [-0.2, -0.15) is 0 Å². The summed E-state index contributed by atoms with van der Waals surface area (Å²) in [6.07, 6.45) is 0.521. The zero-order chi connectivity index (χ0) is 10.8. The van der Waals surface area contributed by atoms with E-state index >= 15 is 0 Å². The van der Waals surface area contributed by atoms with E-state index in [9.17, 15) is 5.11 Å². The number of rotatable bonds is 2. The molecule has 2 rings (SSSR count). The second-order valence-electron chi connectivity index (χ2n) is 3.23. The Morgan fingerprint density at radius 2 is 2.07 bits per heavy atom. The van der Waals surface area contributed by atoms with Gasteiger partial charge in [0.1, 0.15) is 11.5 Å². The third kappa shape index (κ3) is 2.07. The first-order valence-electron chi connectivity index (χ1n) is 4.47. The minimum absolute atomic E-state index is 0.0881. The summed E-state index contributed by atoms with van der Waals surface area (Å²) in [5.74, 6) is 0.808. The van der Waals surface area contributed by atoms with Crippen molar-refractivity contribution < 1.29 is 9.52 Å². The summed E-state index contributed by atoms with van der Waals surface area (Å²) < 4.78 is 5.21. The zero-order valence-corrected chi connectivity index (χ0v) is 8.66. The molecule has 78 valence electrons. The standard InChI is InChI=1S/C11H10ClNO2/c12-10-5-4-8(15-10)6-7-2-1-3-9(14)11(7)13/h1-5,14H,6,13H2. The summed E-state index contributed by atoms with van der Waals surface area (Å²) in [6, 6.07) is 8.59. The molecule has 0 saturated heterocycles. The molecule has 0 amide bonds. The van der Waals surface area contributed by atoms with E-state index in [0.717, 1.165) is 11.3 Å². The van der Waals surface area contributed by atoms with Gasteiger partial charge < -0.3 is 15.3 Å². The number of anilines is 1. The number of para-hydroxylation sites is 1. The van der Waals surface area contributed by atoms with E-state index in [4.69, 9.17) is 21.8 Å². The van der Waals surface area contributed by atoms with Gasteiger partial charge in [-0.3, -0.25) is 0 Å². The van der Waals surface area contributed by atoms with E-state index in [0.29, 0.717) is 17.3 Å². The van der Waals surface area contributed by atoms with Crippen molar-refractivity contribution in [2.75, 3.05) is 5.73 Å². The summed E-state index contributed by atoms with van der Waals surface area (Å²) in [5.41, 5.74) is 6.91. The largest absolute Gasteiger partial charge is 0.506 e. The molecule has 0 fully saturated rings. The minimum atomic E-state index is 0.0881. The first-order chi connectivity index (χ1) is 7.16. The van der Waals surface area contributed by atoms with Crippen molar-refractivity contribution in [3.63, 3.8) is 0 Å². The molecule has 15 heavy (non-hydrogen) atoms. The molecule has 0 aliphatic carbocycles. The molecule has 0 radical (unpaired) electrons. The zero-order valence-electron chi connectivity index (χ0n) is 7.90. The van der Waals surface area contributed by atoms with Crippen LogP contribution < -0.4 is 5.73 Å². The van der Waals surface area contributed by atoms with Gasteiger partial charge in [-0.05, 0) is 35.4 Å². The lowest BCUT2D eigenvalue weighted by atomic mass is 10.1. The highest BCUT2D eigenvalue weighted by molar-refractivity contribution is 6.28. The van der Waals surface area contributed by atoms with Crippen LogP contribution in [-0.2, 0) is 6.42 Å². The molecule has 0 saturated carbocycles. The molecular formula is C11H10ClNO2. The molecule has 0 aliphatic heterocycles. The van der Waals surface area contributed by atoms with Crippen LogP contribution in [0.4, 0.5) is 5.69 Å². The first kappa shape index (κ1) is 9.93. The molecular weight excluding hydrogens is 214 g/mol. The van der Waals surface area contributed by atoms with Crippen molar-refractivity contribution in [3.8, 4) is 5.75 Å². The highest BCUT2D eigenvalue weighted by Crippen LogP contribution is 2.26. The summed E-state index contributed by atoms with van der Waals surface area (Å²) in [4.78, 5) is 0. The van der Waals surface area contributed by atoms with E-state index in [1.165, 1.54) is 0 Å². The van der Waals surface area contributed by atoms with Gasteiger partial charge in [-0.1, -0.05) is 12.1 Å². The van der Waals surface area contributed by atoms with Crippen molar-refractivity contribution in [1.29, 1.82) is 0 Å². The first-order valence-corrected chi connectivity index (χ1v) is 4.85. The number of benzene rings is 1. The van der Waals surface area contributed by atoms with Crippen LogP contribution in [0.2, 0.25) is 5.22 Å². The van der Waals surface area contributed by atoms with Gasteiger partial charge in [0.15, 0.2) is 5.22 Å².